The molecule has 1 aliphatic rings. The highest BCUT2D eigenvalue weighted by Crippen LogP contribution is 2.28. The van der Waals surface area contributed by atoms with Crippen LogP contribution >= 0.6 is 0 Å². The number of rotatable bonds is 1. The molecule has 1 aromatic rings. The molecule has 2 rings (SSSR count). The number of ether oxygens (including phenoxy) is 1. The van der Waals surface area contributed by atoms with E-state index in [-0.39, 0.29) is 12.1 Å². The minimum Gasteiger partial charge on any atom is -0.444 e. The van der Waals surface area contributed by atoms with Crippen LogP contribution in [0.3, 0.4) is 0 Å². The Labute approximate surface area is 121 Å². The maximum Gasteiger partial charge on any atom is 0.410 e. The van der Waals surface area contributed by atoms with Crippen molar-refractivity contribution in [3.05, 3.63) is 35.4 Å². The van der Waals surface area contributed by atoms with Gasteiger partial charge in [-0.2, -0.15) is 0 Å². The molecule has 20 heavy (non-hydrogen) atoms. The first-order chi connectivity index (χ1) is 9.28. The summed E-state index contributed by atoms with van der Waals surface area (Å²) in [5, 5.41) is 0. The molecule has 0 saturated heterocycles. The van der Waals surface area contributed by atoms with Crippen LogP contribution in [0.15, 0.2) is 24.3 Å². The SMILES string of the molecule is CC(C)C1Cc2ccccc2CN1C(=O)OC(C)(C)C. The highest BCUT2D eigenvalue weighted by molar-refractivity contribution is 5.69. The van der Waals surface area contributed by atoms with Gasteiger partial charge < -0.3 is 9.64 Å². The van der Waals surface area contributed by atoms with E-state index in [1.54, 1.807) is 0 Å². The van der Waals surface area contributed by atoms with E-state index in [1.807, 2.05) is 31.7 Å². The van der Waals surface area contributed by atoms with E-state index in [0.717, 1.165) is 6.42 Å². The molecule has 0 spiro atoms. The van der Waals surface area contributed by atoms with Gasteiger partial charge in [-0.15, -0.1) is 0 Å². The summed E-state index contributed by atoms with van der Waals surface area (Å²) in [6.07, 6.45) is 0.707. The summed E-state index contributed by atoms with van der Waals surface area (Å²) >= 11 is 0. The van der Waals surface area contributed by atoms with Gasteiger partial charge in [0.25, 0.3) is 0 Å². The van der Waals surface area contributed by atoms with Crippen LogP contribution in [0.25, 0.3) is 0 Å². The van der Waals surface area contributed by atoms with Gasteiger partial charge in [0.05, 0.1) is 0 Å². The fraction of sp³-hybridized carbons (Fsp3) is 0.588. The molecule has 1 aliphatic heterocycles. The average Bonchev–Trinajstić information content (AvgIpc) is 2.35. The Morgan fingerprint density at radius 3 is 2.40 bits per heavy atom. The van der Waals surface area contributed by atoms with Gasteiger partial charge in [0.1, 0.15) is 5.60 Å². The molecular weight excluding hydrogens is 250 g/mol. The summed E-state index contributed by atoms with van der Waals surface area (Å²) in [5.74, 6) is 0.413. The number of carbonyl (C=O) groups is 1. The smallest absolute Gasteiger partial charge is 0.410 e. The summed E-state index contributed by atoms with van der Waals surface area (Å²) in [7, 11) is 0. The highest BCUT2D eigenvalue weighted by Gasteiger charge is 2.34. The monoisotopic (exact) mass is 275 g/mol. The van der Waals surface area contributed by atoms with Gasteiger partial charge in [-0.3, -0.25) is 0 Å². The van der Waals surface area contributed by atoms with Gasteiger partial charge in [-0.1, -0.05) is 38.1 Å². The Bertz CT molecular complexity index is 488. The first-order valence-electron chi connectivity index (χ1n) is 7.34. The molecule has 0 aromatic heterocycles. The lowest BCUT2D eigenvalue weighted by Crippen LogP contribution is -2.48. The van der Waals surface area contributed by atoms with Crippen molar-refractivity contribution in [2.24, 2.45) is 5.92 Å². The average molecular weight is 275 g/mol. The van der Waals surface area contributed by atoms with Crippen molar-refractivity contribution in [1.82, 2.24) is 4.90 Å². The molecule has 1 heterocycles. The number of amides is 1. The summed E-state index contributed by atoms with van der Waals surface area (Å²) in [6, 6.07) is 8.57. The Balaban J connectivity index is 2.24. The quantitative estimate of drug-likeness (QED) is 0.775. The summed E-state index contributed by atoms with van der Waals surface area (Å²) in [4.78, 5) is 14.3. The van der Waals surface area contributed by atoms with Crippen molar-refractivity contribution in [3.63, 3.8) is 0 Å². The van der Waals surface area contributed by atoms with Crippen LogP contribution in [0.5, 0.6) is 0 Å². The summed E-state index contributed by atoms with van der Waals surface area (Å²) in [6.45, 7) is 10.7. The van der Waals surface area contributed by atoms with Crippen LogP contribution in [0, 0.1) is 5.92 Å². The minimum atomic E-state index is -0.449. The van der Waals surface area contributed by atoms with Gasteiger partial charge in [0.2, 0.25) is 0 Å². The lowest BCUT2D eigenvalue weighted by atomic mass is 9.88. The number of benzene rings is 1. The Morgan fingerprint density at radius 1 is 1.25 bits per heavy atom. The molecule has 110 valence electrons. The molecule has 1 aromatic carbocycles. The van der Waals surface area contributed by atoms with E-state index in [9.17, 15) is 4.79 Å². The van der Waals surface area contributed by atoms with E-state index in [1.165, 1.54) is 11.1 Å². The second-order valence-electron chi connectivity index (χ2n) is 6.89. The van der Waals surface area contributed by atoms with Crippen molar-refractivity contribution >= 4 is 6.09 Å². The minimum absolute atomic E-state index is 0.203. The third kappa shape index (κ3) is 3.33. The molecule has 1 amide bonds. The Kier molecular flexibility index (Phi) is 4.07. The van der Waals surface area contributed by atoms with Gasteiger partial charge in [0.15, 0.2) is 0 Å². The first kappa shape index (κ1) is 14.9. The number of nitrogens with zero attached hydrogens (tertiary/aromatic N) is 1. The summed E-state index contributed by atoms with van der Waals surface area (Å²) < 4.78 is 5.56. The maximum absolute atomic E-state index is 12.4. The van der Waals surface area contributed by atoms with E-state index in [4.69, 9.17) is 4.74 Å². The Morgan fingerprint density at radius 2 is 1.85 bits per heavy atom. The van der Waals surface area contributed by atoms with Crippen LogP contribution in [0.2, 0.25) is 0 Å². The number of hydrogen-bond acceptors (Lipinski definition) is 2. The van der Waals surface area contributed by atoms with E-state index >= 15 is 0 Å². The molecule has 0 aliphatic carbocycles. The standard InChI is InChI=1S/C17H25NO2/c1-12(2)15-10-13-8-6-7-9-14(13)11-18(15)16(19)20-17(3,4)5/h6-9,12,15H,10-11H2,1-5H3. The zero-order valence-electron chi connectivity index (χ0n) is 13.1. The van der Waals surface area contributed by atoms with Gasteiger partial charge in [-0.25, -0.2) is 4.79 Å². The van der Waals surface area contributed by atoms with Crippen LogP contribution in [-0.4, -0.2) is 22.6 Å². The van der Waals surface area contributed by atoms with E-state index < -0.39 is 5.60 Å². The predicted octanol–water partition coefficient (Wildman–Crippen LogP) is 4.00. The third-order valence-corrected chi connectivity index (χ3v) is 3.69. The molecule has 1 unspecified atom stereocenters. The number of hydrogen-bond donors (Lipinski definition) is 0. The molecule has 0 bridgehead atoms. The molecular formula is C17H25NO2. The maximum atomic E-state index is 12.4. The van der Waals surface area contributed by atoms with Gasteiger partial charge in [0, 0.05) is 12.6 Å². The van der Waals surface area contributed by atoms with E-state index in [0.29, 0.717) is 12.5 Å². The summed E-state index contributed by atoms with van der Waals surface area (Å²) in [5.41, 5.74) is 2.14. The van der Waals surface area contributed by atoms with Crippen molar-refractivity contribution in [1.29, 1.82) is 0 Å². The molecule has 1 atom stereocenters. The van der Waals surface area contributed by atoms with Crippen molar-refractivity contribution in [2.75, 3.05) is 0 Å². The second kappa shape index (κ2) is 5.47. The van der Waals surface area contributed by atoms with Crippen LogP contribution in [0.1, 0.15) is 45.7 Å². The van der Waals surface area contributed by atoms with Gasteiger partial charge in [-0.05, 0) is 44.2 Å². The van der Waals surface area contributed by atoms with Crippen LogP contribution in [0.4, 0.5) is 4.79 Å². The number of fused-ring (bicyclic) bond motifs is 1. The number of carbonyl (C=O) groups excluding carboxylic acids is 1. The fourth-order valence-corrected chi connectivity index (χ4v) is 2.66. The van der Waals surface area contributed by atoms with Crippen molar-refractivity contribution < 1.29 is 9.53 Å². The molecule has 0 saturated carbocycles. The molecule has 3 nitrogen and oxygen atoms in total. The van der Waals surface area contributed by atoms with Crippen LogP contribution in [-0.2, 0) is 17.7 Å². The lowest BCUT2D eigenvalue weighted by molar-refractivity contribution is 0.00644. The molecule has 0 fully saturated rings. The van der Waals surface area contributed by atoms with E-state index in [2.05, 4.69) is 32.0 Å². The third-order valence-electron chi connectivity index (χ3n) is 3.69. The van der Waals surface area contributed by atoms with Crippen molar-refractivity contribution in [3.8, 4) is 0 Å². The van der Waals surface area contributed by atoms with Crippen LogP contribution < -0.4 is 0 Å². The van der Waals surface area contributed by atoms with Gasteiger partial charge >= 0.3 is 6.09 Å². The first-order valence-corrected chi connectivity index (χ1v) is 7.34. The topological polar surface area (TPSA) is 29.5 Å². The highest BCUT2D eigenvalue weighted by atomic mass is 16.6. The predicted molar refractivity (Wildman–Crippen MR) is 80.5 cm³/mol. The second-order valence-corrected chi connectivity index (χ2v) is 6.89. The fourth-order valence-electron chi connectivity index (χ4n) is 2.66. The van der Waals surface area contributed by atoms with Crippen molar-refractivity contribution in [2.45, 2.75) is 59.2 Å². The molecule has 0 radical (unpaired) electrons. The normalized spacial score (nSPS) is 18.9. The largest absolute Gasteiger partial charge is 0.444 e. The zero-order valence-corrected chi connectivity index (χ0v) is 13.1. The zero-order chi connectivity index (χ0) is 14.9. The molecule has 3 heteroatoms. The lowest BCUT2D eigenvalue weighted by Gasteiger charge is -2.39. The molecule has 0 N–H and O–H groups in total. The Hall–Kier alpha value is -1.51.